The first-order valence-corrected chi connectivity index (χ1v) is 8.24. The van der Waals surface area contributed by atoms with Crippen LogP contribution >= 0.6 is 0 Å². The molecule has 2 heterocycles. The topological polar surface area (TPSA) is 60.3 Å². The smallest absolute Gasteiger partial charge is 0.229 e. The minimum Gasteiger partial charge on any atom is -0.476 e. The van der Waals surface area contributed by atoms with E-state index in [4.69, 9.17) is 4.74 Å². The van der Waals surface area contributed by atoms with Crippen LogP contribution in [0.1, 0.15) is 33.6 Å². The fourth-order valence-corrected chi connectivity index (χ4v) is 2.94. The van der Waals surface area contributed by atoms with Gasteiger partial charge in [0.1, 0.15) is 6.17 Å². The van der Waals surface area contributed by atoms with Gasteiger partial charge >= 0.3 is 0 Å². The molecule has 6 nitrogen and oxygen atoms in total. The summed E-state index contributed by atoms with van der Waals surface area (Å²) in [6.07, 6.45) is 5.51. The second-order valence-corrected chi connectivity index (χ2v) is 6.89. The summed E-state index contributed by atoms with van der Waals surface area (Å²) in [6.45, 7) is 9.86. The number of rotatable bonds is 7. The summed E-state index contributed by atoms with van der Waals surface area (Å²) in [5.74, 6) is 1.91. The molecule has 0 aromatic rings. The fourth-order valence-electron chi connectivity index (χ4n) is 2.94. The Morgan fingerprint density at radius 3 is 2.91 bits per heavy atom. The average molecular weight is 310 g/mol. The third-order valence-electron chi connectivity index (χ3n) is 4.37. The highest BCUT2D eigenvalue weighted by Gasteiger charge is 2.29. The number of nitrogens with one attached hydrogen (secondary N) is 1. The Hall–Kier alpha value is -1.11. The summed E-state index contributed by atoms with van der Waals surface area (Å²) in [7, 11) is 1.58. The third kappa shape index (κ3) is 4.97. The van der Waals surface area contributed by atoms with Gasteiger partial charge in [0.15, 0.2) is 0 Å². The molecular formula is C16H30N4O2. The second kappa shape index (κ2) is 7.94. The van der Waals surface area contributed by atoms with Gasteiger partial charge in [0.05, 0.1) is 12.8 Å². The Balaban J connectivity index is 1.71. The van der Waals surface area contributed by atoms with Gasteiger partial charge in [0.2, 0.25) is 5.88 Å². The molecule has 2 aliphatic heterocycles. The SMILES string of the molecule is CC(C)CCN1CC(COC2=CNC(N(C)O)C=N2)CC1C. The molecule has 0 spiro atoms. The Morgan fingerprint density at radius 2 is 2.32 bits per heavy atom. The molecule has 0 saturated carbocycles. The second-order valence-electron chi connectivity index (χ2n) is 6.89. The lowest BCUT2D eigenvalue weighted by Crippen LogP contribution is -2.42. The van der Waals surface area contributed by atoms with E-state index in [-0.39, 0.29) is 6.17 Å². The van der Waals surface area contributed by atoms with Crippen molar-refractivity contribution in [2.24, 2.45) is 16.8 Å². The van der Waals surface area contributed by atoms with Gasteiger partial charge in [-0.15, -0.1) is 0 Å². The summed E-state index contributed by atoms with van der Waals surface area (Å²) in [6, 6.07) is 0.640. The van der Waals surface area contributed by atoms with Gasteiger partial charge in [-0.3, -0.25) is 0 Å². The molecule has 3 atom stereocenters. The third-order valence-corrected chi connectivity index (χ3v) is 4.37. The van der Waals surface area contributed by atoms with E-state index < -0.39 is 0 Å². The highest BCUT2D eigenvalue weighted by molar-refractivity contribution is 5.66. The molecule has 126 valence electrons. The zero-order valence-corrected chi connectivity index (χ0v) is 14.2. The van der Waals surface area contributed by atoms with Crippen molar-refractivity contribution >= 4 is 6.21 Å². The zero-order chi connectivity index (χ0) is 16.1. The summed E-state index contributed by atoms with van der Waals surface area (Å²) in [5, 5.41) is 13.4. The van der Waals surface area contributed by atoms with Crippen LogP contribution in [0.2, 0.25) is 0 Å². The van der Waals surface area contributed by atoms with E-state index in [1.807, 2.05) is 0 Å². The van der Waals surface area contributed by atoms with Crippen LogP contribution in [0.15, 0.2) is 17.1 Å². The van der Waals surface area contributed by atoms with Crippen molar-refractivity contribution in [1.29, 1.82) is 0 Å². The highest BCUT2D eigenvalue weighted by Crippen LogP contribution is 2.24. The first-order chi connectivity index (χ1) is 10.5. The van der Waals surface area contributed by atoms with Gasteiger partial charge in [-0.05, 0) is 32.2 Å². The van der Waals surface area contributed by atoms with Gasteiger partial charge in [0.25, 0.3) is 0 Å². The minimum absolute atomic E-state index is 0.287. The number of nitrogens with zero attached hydrogens (tertiary/aromatic N) is 3. The van der Waals surface area contributed by atoms with Crippen molar-refractivity contribution < 1.29 is 9.94 Å². The molecule has 2 rings (SSSR count). The van der Waals surface area contributed by atoms with E-state index in [1.54, 1.807) is 19.5 Å². The van der Waals surface area contributed by atoms with Gasteiger partial charge < -0.3 is 20.2 Å². The van der Waals surface area contributed by atoms with Crippen LogP contribution in [0.4, 0.5) is 0 Å². The number of aliphatic imine (C=N–C) groups is 1. The van der Waals surface area contributed by atoms with Crippen LogP contribution in [0.3, 0.4) is 0 Å². The van der Waals surface area contributed by atoms with Crippen molar-refractivity contribution in [3.63, 3.8) is 0 Å². The minimum atomic E-state index is -0.287. The van der Waals surface area contributed by atoms with E-state index in [2.05, 4.69) is 36.0 Å². The van der Waals surface area contributed by atoms with E-state index in [1.165, 1.54) is 19.4 Å². The quantitative estimate of drug-likeness (QED) is 0.703. The molecule has 0 aromatic heterocycles. The largest absolute Gasteiger partial charge is 0.476 e. The molecule has 0 amide bonds. The summed E-state index contributed by atoms with van der Waals surface area (Å²) in [4.78, 5) is 6.80. The van der Waals surface area contributed by atoms with E-state index in [0.29, 0.717) is 24.4 Å². The molecule has 0 bridgehead atoms. The van der Waals surface area contributed by atoms with Crippen molar-refractivity contribution in [3.05, 3.63) is 12.1 Å². The average Bonchev–Trinajstić information content (AvgIpc) is 2.83. The Kier molecular flexibility index (Phi) is 6.23. The van der Waals surface area contributed by atoms with Crippen LogP contribution in [0, 0.1) is 11.8 Å². The standard InChI is InChI=1S/C16H30N4O2/c1-12(2)5-6-20-10-14(7-13(20)3)11-22-16-9-17-15(8-18-16)19(4)21/h8-9,12-15,17,21H,5-7,10-11H2,1-4H3. The van der Waals surface area contributed by atoms with Crippen LogP contribution in [-0.4, -0.2) is 60.3 Å². The molecule has 6 heteroatoms. The molecule has 2 aliphatic rings. The predicted molar refractivity (Wildman–Crippen MR) is 87.6 cm³/mol. The number of likely N-dealkylation sites (tertiary alicyclic amines) is 1. The normalized spacial score (nSPS) is 29.0. The molecule has 3 unspecified atom stereocenters. The fraction of sp³-hybridized carbons (Fsp3) is 0.812. The van der Waals surface area contributed by atoms with Gasteiger partial charge in [-0.2, -0.15) is 5.06 Å². The first-order valence-electron chi connectivity index (χ1n) is 8.24. The molecule has 1 saturated heterocycles. The first kappa shape index (κ1) is 17.2. The van der Waals surface area contributed by atoms with Gasteiger partial charge in [-0.1, -0.05) is 13.8 Å². The van der Waals surface area contributed by atoms with Crippen LogP contribution in [0.5, 0.6) is 0 Å². The highest BCUT2D eigenvalue weighted by atomic mass is 16.5. The molecule has 22 heavy (non-hydrogen) atoms. The maximum Gasteiger partial charge on any atom is 0.229 e. The Bertz CT molecular complexity index is 409. The number of ether oxygens (including phenoxy) is 1. The van der Waals surface area contributed by atoms with E-state index in [9.17, 15) is 5.21 Å². The van der Waals surface area contributed by atoms with Crippen LogP contribution < -0.4 is 5.32 Å². The van der Waals surface area contributed by atoms with Gasteiger partial charge in [-0.25, -0.2) is 4.99 Å². The molecular weight excluding hydrogens is 280 g/mol. The molecule has 1 fully saturated rings. The van der Waals surface area contributed by atoms with Crippen molar-refractivity contribution in [1.82, 2.24) is 15.3 Å². The summed E-state index contributed by atoms with van der Waals surface area (Å²) >= 11 is 0. The Labute approximate surface area is 133 Å². The molecule has 0 radical (unpaired) electrons. The van der Waals surface area contributed by atoms with Crippen LogP contribution in [-0.2, 0) is 4.74 Å². The maximum atomic E-state index is 9.32. The molecule has 0 aromatic carbocycles. The van der Waals surface area contributed by atoms with Crippen molar-refractivity contribution in [2.45, 2.75) is 45.8 Å². The van der Waals surface area contributed by atoms with Crippen molar-refractivity contribution in [2.75, 3.05) is 26.7 Å². The predicted octanol–water partition coefficient (Wildman–Crippen LogP) is 1.88. The summed E-state index contributed by atoms with van der Waals surface area (Å²) < 4.78 is 5.79. The lowest BCUT2D eigenvalue weighted by atomic mass is 10.1. The lowest BCUT2D eigenvalue weighted by Gasteiger charge is -2.23. The number of hydrogen-bond acceptors (Lipinski definition) is 6. The van der Waals surface area contributed by atoms with Gasteiger partial charge in [0, 0.05) is 31.8 Å². The number of hydrogen-bond donors (Lipinski definition) is 2. The number of hydroxylamine groups is 2. The Morgan fingerprint density at radius 1 is 1.55 bits per heavy atom. The zero-order valence-electron chi connectivity index (χ0n) is 14.2. The summed E-state index contributed by atoms with van der Waals surface area (Å²) in [5.41, 5.74) is 0. The van der Waals surface area contributed by atoms with Crippen LogP contribution in [0.25, 0.3) is 0 Å². The molecule has 2 N–H and O–H groups in total. The molecule has 0 aliphatic carbocycles. The lowest BCUT2D eigenvalue weighted by molar-refractivity contribution is -0.0868. The van der Waals surface area contributed by atoms with E-state index in [0.717, 1.165) is 17.5 Å². The van der Waals surface area contributed by atoms with E-state index >= 15 is 0 Å². The monoisotopic (exact) mass is 310 g/mol. The maximum absolute atomic E-state index is 9.32. The van der Waals surface area contributed by atoms with Crippen molar-refractivity contribution in [3.8, 4) is 0 Å².